The molecule has 4 heteroatoms. The van der Waals surface area contributed by atoms with Crippen LogP contribution in [0.1, 0.15) is 46.0 Å². The molecule has 0 heterocycles. The second kappa shape index (κ2) is 7.41. The molecule has 20 heavy (non-hydrogen) atoms. The quantitative estimate of drug-likeness (QED) is 0.740. The second-order valence-corrected chi connectivity index (χ2v) is 7.16. The van der Waals surface area contributed by atoms with Crippen molar-refractivity contribution < 1.29 is 4.79 Å². The van der Waals surface area contributed by atoms with Gasteiger partial charge in [-0.25, -0.2) is 0 Å². The maximum atomic E-state index is 12.4. The lowest BCUT2D eigenvalue weighted by molar-refractivity contribution is -0.133. The Bertz CT molecular complexity index is 311. The number of likely N-dealkylation sites (N-methyl/N-ethyl adjacent to an activating group) is 2. The van der Waals surface area contributed by atoms with Gasteiger partial charge in [0.05, 0.1) is 0 Å². The Hall–Kier alpha value is -0.610. The largest absolute Gasteiger partial charge is 0.344 e. The molecule has 0 aromatic heterocycles. The number of hydrogen-bond donors (Lipinski definition) is 1. The van der Waals surface area contributed by atoms with E-state index >= 15 is 0 Å². The lowest BCUT2D eigenvalue weighted by Gasteiger charge is -2.49. The molecule has 4 nitrogen and oxygen atoms in total. The summed E-state index contributed by atoms with van der Waals surface area (Å²) < 4.78 is 0. The maximum Gasteiger partial charge on any atom is 0.222 e. The molecule has 1 atom stereocenters. The van der Waals surface area contributed by atoms with Crippen LogP contribution in [0.25, 0.3) is 0 Å². The number of amides is 1. The summed E-state index contributed by atoms with van der Waals surface area (Å²) in [5.74, 6) is 1.16. The maximum absolute atomic E-state index is 12.4. The van der Waals surface area contributed by atoms with Crippen LogP contribution in [0.2, 0.25) is 0 Å². The van der Waals surface area contributed by atoms with Crippen LogP contribution in [-0.4, -0.2) is 55.5 Å². The number of nitrogens with zero attached hydrogens (tertiary/aromatic N) is 2. The van der Waals surface area contributed by atoms with Gasteiger partial charge in [-0.3, -0.25) is 4.79 Å². The lowest BCUT2D eigenvalue weighted by Crippen LogP contribution is -2.57. The monoisotopic (exact) mass is 283 g/mol. The van der Waals surface area contributed by atoms with Crippen molar-refractivity contribution in [1.29, 1.82) is 0 Å². The molecule has 1 amide bonds. The van der Waals surface area contributed by atoms with E-state index in [0.717, 1.165) is 13.0 Å². The molecular formula is C16H33N3O. The third-order valence-corrected chi connectivity index (χ3v) is 4.79. The Kier molecular flexibility index (Phi) is 6.46. The van der Waals surface area contributed by atoms with Crippen LogP contribution in [0.5, 0.6) is 0 Å². The Morgan fingerprint density at radius 2 is 1.85 bits per heavy atom. The molecule has 0 unspecified atom stereocenters. The zero-order valence-electron chi connectivity index (χ0n) is 14.0. The Morgan fingerprint density at radius 3 is 2.20 bits per heavy atom. The van der Waals surface area contributed by atoms with Crippen molar-refractivity contribution in [3.05, 3.63) is 0 Å². The molecule has 0 aromatic carbocycles. The summed E-state index contributed by atoms with van der Waals surface area (Å²) in [6.07, 6.45) is 5.30. The molecule has 0 saturated heterocycles. The van der Waals surface area contributed by atoms with E-state index in [1.807, 2.05) is 11.9 Å². The molecule has 1 aliphatic rings. The highest BCUT2D eigenvalue weighted by atomic mass is 16.2. The van der Waals surface area contributed by atoms with Gasteiger partial charge in [0.1, 0.15) is 0 Å². The van der Waals surface area contributed by atoms with Crippen LogP contribution in [-0.2, 0) is 4.79 Å². The zero-order valence-corrected chi connectivity index (χ0v) is 14.0. The van der Waals surface area contributed by atoms with Crippen molar-refractivity contribution in [3.8, 4) is 0 Å². The van der Waals surface area contributed by atoms with Crippen LogP contribution in [0, 0.1) is 11.8 Å². The number of nitrogens with two attached hydrogens (primary N) is 1. The average molecular weight is 283 g/mol. The van der Waals surface area contributed by atoms with Crippen molar-refractivity contribution in [2.75, 3.05) is 34.2 Å². The van der Waals surface area contributed by atoms with Crippen LogP contribution in [0.15, 0.2) is 0 Å². The van der Waals surface area contributed by atoms with E-state index in [1.54, 1.807) is 0 Å². The van der Waals surface area contributed by atoms with E-state index in [0.29, 0.717) is 24.8 Å². The van der Waals surface area contributed by atoms with E-state index in [2.05, 4.69) is 32.8 Å². The number of hydrogen-bond acceptors (Lipinski definition) is 3. The van der Waals surface area contributed by atoms with Gasteiger partial charge < -0.3 is 15.5 Å². The molecular weight excluding hydrogens is 250 g/mol. The number of carbonyl (C=O) groups excluding carboxylic acids is 1. The second-order valence-electron chi connectivity index (χ2n) is 7.16. The molecule has 118 valence electrons. The Balaban J connectivity index is 2.50. The van der Waals surface area contributed by atoms with E-state index in [-0.39, 0.29) is 11.4 Å². The molecule has 0 spiro atoms. The Labute approximate surface area is 124 Å². The minimum absolute atomic E-state index is 0.209. The third kappa shape index (κ3) is 4.45. The highest BCUT2D eigenvalue weighted by Crippen LogP contribution is 2.36. The molecule has 0 radical (unpaired) electrons. The fourth-order valence-corrected chi connectivity index (χ4v) is 3.19. The first kappa shape index (κ1) is 17.4. The average Bonchev–Trinajstić information content (AvgIpc) is 2.31. The summed E-state index contributed by atoms with van der Waals surface area (Å²) in [6, 6.07) is 0. The van der Waals surface area contributed by atoms with Crippen molar-refractivity contribution >= 4 is 5.91 Å². The van der Waals surface area contributed by atoms with Crippen molar-refractivity contribution in [1.82, 2.24) is 9.80 Å². The highest BCUT2D eigenvalue weighted by molar-refractivity contribution is 5.76. The van der Waals surface area contributed by atoms with E-state index in [4.69, 9.17) is 5.73 Å². The zero-order chi connectivity index (χ0) is 15.3. The van der Waals surface area contributed by atoms with E-state index in [9.17, 15) is 4.79 Å². The van der Waals surface area contributed by atoms with Gasteiger partial charge >= 0.3 is 0 Å². The summed E-state index contributed by atoms with van der Waals surface area (Å²) in [7, 11) is 6.19. The van der Waals surface area contributed by atoms with Crippen molar-refractivity contribution in [2.24, 2.45) is 17.6 Å². The topological polar surface area (TPSA) is 49.6 Å². The van der Waals surface area contributed by atoms with E-state index in [1.165, 1.54) is 19.3 Å². The minimum Gasteiger partial charge on any atom is -0.344 e. The standard InChI is InChI=1S/C16H33N3O/c1-13(2)9-14(11-17)10-15(20)19(5)12-16(18(3)4)7-6-8-16/h13-14H,6-12,17H2,1-5H3/t14-/m0/s1. The molecule has 1 fully saturated rings. The molecule has 1 rings (SSSR count). The van der Waals surface area contributed by atoms with Gasteiger partial charge in [-0.05, 0) is 58.2 Å². The fraction of sp³-hybridized carbons (Fsp3) is 0.938. The van der Waals surface area contributed by atoms with Gasteiger partial charge in [0.2, 0.25) is 5.91 Å². The molecule has 2 N–H and O–H groups in total. The third-order valence-electron chi connectivity index (χ3n) is 4.79. The van der Waals surface area contributed by atoms with Gasteiger partial charge in [0, 0.05) is 25.6 Å². The first-order valence-corrected chi connectivity index (χ1v) is 7.92. The first-order valence-electron chi connectivity index (χ1n) is 7.92. The fourth-order valence-electron chi connectivity index (χ4n) is 3.19. The van der Waals surface area contributed by atoms with Gasteiger partial charge in [-0.1, -0.05) is 13.8 Å². The van der Waals surface area contributed by atoms with Crippen molar-refractivity contribution in [3.63, 3.8) is 0 Å². The molecule has 0 aliphatic heterocycles. The predicted octanol–water partition coefficient (Wildman–Crippen LogP) is 1.94. The highest BCUT2D eigenvalue weighted by Gasteiger charge is 2.40. The SMILES string of the molecule is CC(C)C[C@H](CN)CC(=O)N(C)CC1(N(C)C)CCC1. The first-order chi connectivity index (χ1) is 9.30. The van der Waals surface area contributed by atoms with Gasteiger partial charge in [-0.15, -0.1) is 0 Å². The van der Waals surface area contributed by atoms with Gasteiger partial charge in [0.25, 0.3) is 0 Å². The summed E-state index contributed by atoms with van der Waals surface area (Å²) in [6.45, 7) is 5.83. The van der Waals surface area contributed by atoms with Crippen LogP contribution >= 0.6 is 0 Å². The van der Waals surface area contributed by atoms with Crippen molar-refractivity contribution in [2.45, 2.75) is 51.5 Å². The lowest BCUT2D eigenvalue weighted by atomic mass is 9.75. The van der Waals surface area contributed by atoms with Gasteiger partial charge in [0.15, 0.2) is 0 Å². The summed E-state index contributed by atoms with van der Waals surface area (Å²) in [5.41, 5.74) is 6.01. The van der Waals surface area contributed by atoms with Gasteiger partial charge in [-0.2, -0.15) is 0 Å². The number of carbonyl (C=O) groups is 1. The smallest absolute Gasteiger partial charge is 0.222 e. The summed E-state index contributed by atoms with van der Waals surface area (Å²) in [4.78, 5) is 16.6. The number of rotatable bonds is 8. The molecule has 0 aromatic rings. The summed E-state index contributed by atoms with van der Waals surface area (Å²) in [5, 5.41) is 0. The van der Waals surface area contributed by atoms with Crippen LogP contribution < -0.4 is 5.73 Å². The van der Waals surface area contributed by atoms with Crippen LogP contribution in [0.4, 0.5) is 0 Å². The van der Waals surface area contributed by atoms with Crippen LogP contribution in [0.3, 0.4) is 0 Å². The summed E-state index contributed by atoms with van der Waals surface area (Å²) >= 11 is 0. The molecule has 1 saturated carbocycles. The molecule has 1 aliphatic carbocycles. The minimum atomic E-state index is 0.209. The van der Waals surface area contributed by atoms with E-state index < -0.39 is 0 Å². The molecule has 0 bridgehead atoms. The Morgan fingerprint density at radius 1 is 1.25 bits per heavy atom. The normalized spacial score (nSPS) is 19.0. The predicted molar refractivity (Wildman–Crippen MR) is 84.5 cm³/mol.